The maximum Gasteiger partial charge on any atom is 0.190 e. The number of hydrogen-bond acceptors (Lipinski definition) is 4. The van der Waals surface area contributed by atoms with Crippen LogP contribution in [-0.4, -0.2) is 62.1 Å². The van der Waals surface area contributed by atoms with Gasteiger partial charge in [-0.1, -0.05) is 0 Å². The summed E-state index contributed by atoms with van der Waals surface area (Å²) in [6.45, 7) is 6.15. The van der Waals surface area contributed by atoms with E-state index < -0.39 is 0 Å². The molecule has 0 spiro atoms. The third-order valence-electron chi connectivity index (χ3n) is 4.12. The largest absolute Gasteiger partial charge is 0.381 e. The van der Waals surface area contributed by atoms with Crippen LogP contribution in [0, 0.1) is 5.92 Å². The smallest absolute Gasteiger partial charge is 0.190 e. The number of aryl methyl sites for hydroxylation is 1. The van der Waals surface area contributed by atoms with E-state index in [1.54, 1.807) is 13.2 Å². The normalized spacial score (nSPS) is 16.3. The Hall–Kier alpha value is -1.60. The molecule has 7 heteroatoms. The summed E-state index contributed by atoms with van der Waals surface area (Å²) in [5.41, 5.74) is 0. The Labute approximate surface area is 144 Å². The minimum absolute atomic E-state index is 0.677. The first-order chi connectivity index (χ1) is 11.9. The average molecular weight is 337 g/mol. The Balaban J connectivity index is 1.43. The van der Waals surface area contributed by atoms with E-state index in [-0.39, 0.29) is 0 Å². The molecule has 1 aromatic rings. The fourth-order valence-electron chi connectivity index (χ4n) is 2.65. The number of rotatable bonds is 10. The molecule has 1 saturated heterocycles. The highest BCUT2D eigenvalue weighted by Gasteiger charge is 2.13. The van der Waals surface area contributed by atoms with E-state index in [0.717, 1.165) is 77.7 Å². The molecule has 0 amide bonds. The number of hydrogen-bond donors (Lipinski definition) is 2. The molecular weight excluding hydrogens is 306 g/mol. The van der Waals surface area contributed by atoms with Crippen LogP contribution in [0.3, 0.4) is 0 Å². The van der Waals surface area contributed by atoms with Gasteiger partial charge < -0.3 is 24.7 Å². The zero-order valence-corrected chi connectivity index (χ0v) is 14.7. The highest BCUT2D eigenvalue weighted by molar-refractivity contribution is 5.79. The molecule has 0 bridgehead atoms. The molecule has 24 heavy (non-hydrogen) atoms. The predicted octanol–water partition coefficient (Wildman–Crippen LogP) is 1.27. The summed E-state index contributed by atoms with van der Waals surface area (Å²) in [6, 6.07) is 0. The fourth-order valence-corrected chi connectivity index (χ4v) is 2.65. The molecule has 2 N–H and O–H groups in total. The summed E-state index contributed by atoms with van der Waals surface area (Å²) in [4.78, 5) is 8.27. The van der Waals surface area contributed by atoms with E-state index in [0.29, 0.717) is 5.92 Å². The van der Waals surface area contributed by atoms with Crippen LogP contribution >= 0.6 is 0 Å². The lowest BCUT2D eigenvalue weighted by atomic mass is 10.0. The number of nitrogens with zero attached hydrogens (tertiary/aromatic N) is 3. The highest BCUT2D eigenvalue weighted by Crippen LogP contribution is 2.14. The maximum absolute atomic E-state index is 5.76. The van der Waals surface area contributed by atoms with Crippen LogP contribution < -0.4 is 10.6 Å². The second-order valence-corrected chi connectivity index (χ2v) is 6.06. The minimum atomic E-state index is 0.677. The van der Waals surface area contributed by atoms with Crippen LogP contribution in [0.25, 0.3) is 0 Å². The van der Waals surface area contributed by atoms with E-state index in [9.17, 15) is 0 Å². The molecule has 0 aliphatic carbocycles. The Morgan fingerprint density at radius 1 is 1.29 bits per heavy atom. The van der Waals surface area contributed by atoms with Gasteiger partial charge in [0.15, 0.2) is 5.96 Å². The number of aliphatic imine (C=N–C) groups is 1. The minimum Gasteiger partial charge on any atom is -0.381 e. The Morgan fingerprint density at radius 2 is 2.08 bits per heavy atom. The van der Waals surface area contributed by atoms with Gasteiger partial charge in [-0.2, -0.15) is 0 Å². The fraction of sp³-hybridized carbons (Fsp3) is 0.765. The number of nitrogens with one attached hydrogen (secondary N) is 2. The molecule has 2 heterocycles. The lowest BCUT2D eigenvalue weighted by molar-refractivity contribution is 0.0203. The number of imidazole rings is 1. The van der Waals surface area contributed by atoms with E-state index in [1.165, 1.54) is 0 Å². The predicted molar refractivity (Wildman–Crippen MR) is 95.2 cm³/mol. The van der Waals surface area contributed by atoms with Gasteiger partial charge in [0.25, 0.3) is 0 Å². The monoisotopic (exact) mass is 337 g/mol. The van der Waals surface area contributed by atoms with Gasteiger partial charge in [-0.25, -0.2) is 4.98 Å². The summed E-state index contributed by atoms with van der Waals surface area (Å²) >= 11 is 0. The maximum atomic E-state index is 5.76. The zero-order chi connectivity index (χ0) is 16.9. The summed E-state index contributed by atoms with van der Waals surface area (Å²) in [5, 5.41) is 6.65. The van der Waals surface area contributed by atoms with Crippen molar-refractivity contribution in [3.05, 3.63) is 18.7 Å². The van der Waals surface area contributed by atoms with Crippen molar-refractivity contribution in [1.29, 1.82) is 0 Å². The molecule has 136 valence electrons. The van der Waals surface area contributed by atoms with Crippen molar-refractivity contribution in [1.82, 2.24) is 20.2 Å². The molecule has 1 fully saturated rings. The van der Waals surface area contributed by atoms with Crippen molar-refractivity contribution >= 4 is 5.96 Å². The topological polar surface area (TPSA) is 72.7 Å². The molecule has 2 rings (SSSR count). The van der Waals surface area contributed by atoms with Crippen molar-refractivity contribution in [2.45, 2.75) is 32.2 Å². The second-order valence-electron chi connectivity index (χ2n) is 6.06. The van der Waals surface area contributed by atoms with Crippen LogP contribution in [0.4, 0.5) is 0 Å². The molecule has 1 aromatic heterocycles. The molecule has 7 nitrogen and oxygen atoms in total. The zero-order valence-electron chi connectivity index (χ0n) is 14.7. The second kappa shape index (κ2) is 11.9. The molecule has 0 saturated carbocycles. The molecule has 0 radical (unpaired) electrons. The van der Waals surface area contributed by atoms with Crippen molar-refractivity contribution in [2.75, 3.05) is 46.6 Å². The first-order valence-electron chi connectivity index (χ1n) is 8.94. The van der Waals surface area contributed by atoms with Gasteiger partial charge >= 0.3 is 0 Å². The SMILES string of the molecule is CN=C(NCCCOCC1CCOCC1)NCCCn1ccnc1. The van der Waals surface area contributed by atoms with Crippen molar-refractivity contribution in [2.24, 2.45) is 10.9 Å². The van der Waals surface area contributed by atoms with Gasteiger partial charge in [0.1, 0.15) is 0 Å². The van der Waals surface area contributed by atoms with Crippen LogP contribution in [0.15, 0.2) is 23.7 Å². The third kappa shape index (κ3) is 7.79. The molecule has 0 atom stereocenters. The van der Waals surface area contributed by atoms with Gasteiger partial charge in [-0.05, 0) is 31.6 Å². The summed E-state index contributed by atoms with van der Waals surface area (Å²) < 4.78 is 13.2. The first kappa shape index (κ1) is 18.7. The Bertz CT molecular complexity index is 444. The van der Waals surface area contributed by atoms with Crippen molar-refractivity contribution in [3.63, 3.8) is 0 Å². The molecule has 0 aromatic carbocycles. The van der Waals surface area contributed by atoms with Gasteiger partial charge in [-0.3, -0.25) is 4.99 Å². The average Bonchev–Trinajstić information content (AvgIpc) is 3.14. The van der Waals surface area contributed by atoms with E-state index in [1.807, 2.05) is 12.5 Å². The molecule has 1 aliphatic heterocycles. The molecule has 0 unspecified atom stereocenters. The van der Waals surface area contributed by atoms with Crippen molar-refractivity contribution in [3.8, 4) is 0 Å². The Morgan fingerprint density at radius 3 is 2.79 bits per heavy atom. The van der Waals surface area contributed by atoms with Crippen LogP contribution in [0.5, 0.6) is 0 Å². The Kier molecular flexibility index (Phi) is 9.26. The molecular formula is C17H31N5O2. The number of aromatic nitrogens is 2. The van der Waals surface area contributed by atoms with Gasteiger partial charge in [0.2, 0.25) is 0 Å². The number of guanidine groups is 1. The number of ether oxygens (including phenoxy) is 2. The lowest BCUT2D eigenvalue weighted by Crippen LogP contribution is -2.38. The summed E-state index contributed by atoms with van der Waals surface area (Å²) in [5.74, 6) is 1.53. The van der Waals surface area contributed by atoms with Crippen LogP contribution in [-0.2, 0) is 16.0 Å². The quantitative estimate of drug-likeness (QED) is 0.382. The third-order valence-corrected chi connectivity index (χ3v) is 4.12. The van der Waals surface area contributed by atoms with Crippen molar-refractivity contribution < 1.29 is 9.47 Å². The summed E-state index contributed by atoms with van der Waals surface area (Å²) in [7, 11) is 1.80. The summed E-state index contributed by atoms with van der Waals surface area (Å²) in [6.07, 6.45) is 9.91. The lowest BCUT2D eigenvalue weighted by Gasteiger charge is -2.21. The standard InChI is InChI=1S/C17H31N5O2/c1-18-17(20-6-2-9-22-10-8-19-15-22)21-7-3-11-24-14-16-4-12-23-13-5-16/h8,10,15-16H,2-7,9,11-14H2,1H3,(H2,18,20,21). The molecule has 1 aliphatic rings. The van der Waals surface area contributed by atoms with Gasteiger partial charge in [0.05, 0.1) is 6.33 Å². The van der Waals surface area contributed by atoms with Gasteiger partial charge in [0, 0.05) is 65.5 Å². The van der Waals surface area contributed by atoms with E-state index >= 15 is 0 Å². The van der Waals surface area contributed by atoms with Crippen LogP contribution in [0.1, 0.15) is 25.7 Å². The van der Waals surface area contributed by atoms with E-state index in [4.69, 9.17) is 9.47 Å². The van der Waals surface area contributed by atoms with E-state index in [2.05, 4.69) is 25.2 Å². The van der Waals surface area contributed by atoms with Crippen LogP contribution in [0.2, 0.25) is 0 Å². The first-order valence-corrected chi connectivity index (χ1v) is 8.94. The highest BCUT2D eigenvalue weighted by atomic mass is 16.5. The van der Waals surface area contributed by atoms with Gasteiger partial charge in [-0.15, -0.1) is 0 Å².